The second-order valence-corrected chi connectivity index (χ2v) is 9.57. The van der Waals surface area contributed by atoms with E-state index in [0.717, 1.165) is 17.7 Å². The minimum absolute atomic E-state index is 0.0186. The van der Waals surface area contributed by atoms with Gasteiger partial charge in [-0.2, -0.15) is 0 Å². The van der Waals surface area contributed by atoms with Crippen molar-refractivity contribution in [2.75, 3.05) is 29.4 Å². The van der Waals surface area contributed by atoms with Gasteiger partial charge in [-0.05, 0) is 49.4 Å². The zero-order valence-corrected chi connectivity index (χ0v) is 18.9. The normalized spacial score (nSPS) is 16.0. The number of para-hydroxylation sites is 1. The molecule has 166 valence electrons. The number of hydrogen-bond donors (Lipinski definition) is 3. The van der Waals surface area contributed by atoms with Crippen molar-refractivity contribution in [2.24, 2.45) is 0 Å². The van der Waals surface area contributed by atoms with Crippen LogP contribution in [0.5, 0.6) is 0 Å². The largest absolute Gasteiger partial charge is 0.376 e. The number of carbonyl (C=O) groups is 2. The van der Waals surface area contributed by atoms with E-state index >= 15 is 0 Å². The molecular weight excluding hydrogens is 438 g/mol. The van der Waals surface area contributed by atoms with Crippen molar-refractivity contribution in [2.45, 2.75) is 35.7 Å². The van der Waals surface area contributed by atoms with Gasteiger partial charge in [-0.15, -0.1) is 11.8 Å². The van der Waals surface area contributed by atoms with E-state index in [4.69, 9.17) is 4.74 Å². The summed E-state index contributed by atoms with van der Waals surface area (Å²) in [6.07, 6.45) is 3.66. The molecule has 10 heteroatoms. The summed E-state index contributed by atoms with van der Waals surface area (Å²) < 4.78 is 34.0. The summed E-state index contributed by atoms with van der Waals surface area (Å²) in [6.45, 7) is 2.41. The molecule has 0 unspecified atom stereocenters. The Kier molecular flexibility index (Phi) is 7.58. The molecule has 1 aliphatic heterocycles. The molecule has 0 aromatic heterocycles. The summed E-state index contributed by atoms with van der Waals surface area (Å²) in [4.78, 5) is 24.8. The van der Waals surface area contributed by atoms with E-state index in [0.29, 0.717) is 18.8 Å². The monoisotopic (exact) mass is 463 g/mol. The van der Waals surface area contributed by atoms with Crippen LogP contribution in [-0.2, 0) is 19.6 Å². The maximum absolute atomic E-state index is 13.0. The van der Waals surface area contributed by atoms with Crippen LogP contribution >= 0.6 is 11.8 Å². The summed E-state index contributed by atoms with van der Waals surface area (Å²) in [6, 6.07) is 10.9. The summed E-state index contributed by atoms with van der Waals surface area (Å²) in [7, 11) is -4.00. The standard InChI is InChI=1S/C21H25N3O5S2/c1-14(25)23-19-12-16(9-10-20(19)30-2)31(27,28)24-18-8-4-3-7-17(18)21(26)22-13-15-6-5-11-29-15/h3-4,7-10,12,15,24H,5-6,11,13H2,1-2H3,(H,22,26)(H,23,25)/t15-/m0/s1. The van der Waals surface area contributed by atoms with Gasteiger partial charge in [0.2, 0.25) is 5.91 Å². The number of thioether (sulfide) groups is 1. The molecule has 0 radical (unpaired) electrons. The minimum Gasteiger partial charge on any atom is -0.376 e. The molecule has 3 N–H and O–H groups in total. The van der Waals surface area contributed by atoms with Crippen molar-refractivity contribution in [1.29, 1.82) is 0 Å². The highest BCUT2D eigenvalue weighted by molar-refractivity contribution is 7.98. The lowest BCUT2D eigenvalue weighted by Gasteiger charge is -2.15. The van der Waals surface area contributed by atoms with E-state index < -0.39 is 10.0 Å². The molecule has 3 rings (SSSR count). The molecule has 0 bridgehead atoms. The lowest BCUT2D eigenvalue weighted by atomic mass is 10.1. The summed E-state index contributed by atoms with van der Waals surface area (Å²) in [5.41, 5.74) is 0.791. The van der Waals surface area contributed by atoms with Crippen molar-refractivity contribution < 1.29 is 22.7 Å². The van der Waals surface area contributed by atoms with Gasteiger partial charge in [-0.25, -0.2) is 8.42 Å². The third kappa shape index (κ3) is 5.99. The lowest BCUT2D eigenvalue weighted by molar-refractivity contribution is -0.114. The molecule has 0 aliphatic carbocycles. The van der Waals surface area contributed by atoms with E-state index in [9.17, 15) is 18.0 Å². The molecule has 2 amide bonds. The Morgan fingerprint density at radius 1 is 1.16 bits per heavy atom. The van der Waals surface area contributed by atoms with Crippen molar-refractivity contribution >= 4 is 45.0 Å². The fourth-order valence-electron chi connectivity index (χ4n) is 3.22. The second kappa shape index (κ2) is 10.2. The molecule has 31 heavy (non-hydrogen) atoms. The van der Waals surface area contributed by atoms with Gasteiger partial charge in [0.05, 0.1) is 27.9 Å². The predicted octanol–water partition coefficient (Wildman–Crippen LogP) is 3.08. The SMILES string of the molecule is CSc1ccc(S(=O)(=O)Nc2ccccc2C(=O)NC[C@@H]2CCCO2)cc1NC(C)=O. The second-order valence-electron chi connectivity index (χ2n) is 7.04. The quantitative estimate of drug-likeness (QED) is 0.519. The highest BCUT2D eigenvalue weighted by Gasteiger charge is 2.21. The number of rotatable bonds is 8. The van der Waals surface area contributed by atoms with Gasteiger partial charge in [0.1, 0.15) is 0 Å². The maximum atomic E-state index is 13.0. The van der Waals surface area contributed by atoms with Crippen LogP contribution in [0.3, 0.4) is 0 Å². The van der Waals surface area contributed by atoms with E-state index in [1.165, 1.54) is 36.9 Å². The third-order valence-corrected chi connectivity index (χ3v) is 6.88. The lowest BCUT2D eigenvalue weighted by Crippen LogP contribution is -2.32. The number of nitrogens with one attached hydrogen (secondary N) is 3. The predicted molar refractivity (Wildman–Crippen MR) is 121 cm³/mol. The van der Waals surface area contributed by atoms with Crippen molar-refractivity contribution in [3.05, 3.63) is 48.0 Å². The topological polar surface area (TPSA) is 114 Å². The first-order chi connectivity index (χ1) is 14.8. The molecular formula is C21H25N3O5S2. The van der Waals surface area contributed by atoms with E-state index in [2.05, 4.69) is 15.4 Å². The van der Waals surface area contributed by atoms with Gasteiger partial charge in [-0.3, -0.25) is 14.3 Å². The van der Waals surface area contributed by atoms with Crippen LogP contribution in [0.2, 0.25) is 0 Å². The van der Waals surface area contributed by atoms with Crippen LogP contribution in [0.4, 0.5) is 11.4 Å². The van der Waals surface area contributed by atoms with Gasteiger partial charge >= 0.3 is 0 Å². The molecule has 0 saturated carbocycles. The van der Waals surface area contributed by atoms with Crippen molar-refractivity contribution in [3.63, 3.8) is 0 Å². The Morgan fingerprint density at radius 2 is 1.94 bits per heavy atom. The number of carbonyl (C=O) groups excluding carboxylic acids is 2. The summed E-state index contributed by atoms with van der Waals surface area (Å²) in [5.74, 6) is -0.684. The van der Waals surface area contributed by atoms with Gasteiger partial charge in [0, 0.05) is 25.0 Å². The Bertz CT molecular complexity index is 1070. The molecule has 1 saturated heterocycles. The number of ether oxygens (including phenoxy) is 1. The maximum Gasteiger partial charge on any atom is 0.261 e. The molecule has 1 heterocycles. The number of hydrogen-bond acceptors (Lipinski definition) is 6. The number of benzene rings is 2. The average molecular weight is 464 g/mol. The molecule has 1 aliphatic rings. The first kappa shape index (κ1) is 23.1. The van der Waals surface area contributed by atoms with Crippen LogP contribution in [0, 0.1) is 0 Å². The molecule has 2 aromatic rings. The Hall–Kier alpha value is -2.56. The number of anilines is 2. The highest BCUT2D eigenvalue weighted by Crippen LogP contribution is 2.29. The van der Waals surface area contributed by atoms with Crippen LogP contribution in [-0.4, -0.2) is 45.7 Å². The van der Waals surface area contributed by atoms with Crippen molar-refractivity contribution in [3.8, 4) is 0 Å². The molecule has 0 spiro atoms. The van der Waals surface area contributed by atoms with Gasteiger partial charge in [-0.1, -0.05) is 12.1 Å². The first-order valence-electron chi connectivity index (χ1n) is 9.77. The molecule has 8 nitrogen and oxygen atoms in total. The first-order valence-corrected chi connectivity index (χ1v) is 12.5. The number of amides is 2. The third-order valence-electron chi connectivity index (χ3n) is 4.72. The van der Waals surface area contributed by atoms with Crippen LogP contribution in [0.1, 0.15) is 30.1 Å². The fourth-order valence-corrected chi connectivity index (χ4v) is 4.86. The fraction of sp³-hybridized carbons (Fsp3) is 0.333. The van der Waals surface area contributed by atoms with E-state index in [-0.39, 0.29) is 34.1 Å². The summed E-state index contributed by atoms with van der Waals surface area (Å²) >= 11 is 1.39. The molecule has 1 fully saturated rings. The van der Waals surface area contributed by atoms with E-state index in [1.54, 1.807) is 24.3 Å². The number of sulfonamides is 1. The smallest absolute Gasteiger partial charge is 0.261 e. The highest BCUT2D eigenvalue weighted by atomic mass is 32.2. The van der Waals surface area contributed by atoms with Gasteiger partial charge in [0.25, 0.3) is 15.9 Å². The Labute approximate surface area is 186 Å². The zero-order chi connectivity index (χ0) is 22.4. The van der Waals surface area contributed by atoms with Crippen LogP contribution < -0.4 is 15.4 Å². The average Bonchev–Trinajstić information content (AvgIpc) is 3.25. The zero-order valence-electron chi connectivity index (χ0n) is 17.3. The Morgan fingerprint density at radius 3 is 2.61 bits per heavy atom. The van der Waals surface area contributed by atoms with Crippen molar-refractivity contribution in [1.82, 2.24) is 5.32 Å². The molecule has 2 aromatic carbocycles. The minimum atomic E-state index is -4.00. The molecule has 1 atom stereocenters. The van der Waals surface area contributed by atoms with Gasteiger partial charge < -0.3 is 15.4 Å². The van der Waals surface area contributed by atoms with Crippen LogP contribution in [0.25, 0.3) is 0 Å². The summed E-state index contributed by atoms with van der Waals surface area (Å²) in [5, 5.41) is 5.45. The van der Waals surface area contributed by atoms with Gasteiger partial charge in [0.15, 0.2) is 0 Å². The van der Waals surface area contributed by atoms with Crippen LogP contribution in [0.15, 0.2) is 52.3 Å². The van der Waals surface area contributed by atoms with E-state index in [1.807, 2.05) is 6.26 Å². The Balaban J connectivity index is 1.81.